The number of nitriles is 2. The van der Waals surface area contributed by atoms with Crippen LogP contribution in [0.5, 0.6) is 0 Å². The van der Waals surface area contributed by atoms with E-state index in [0.717, 1.165) is 44.2 Å². The molecule has 0 fully saturated rings. The van der Waals surface area contributed by atoms with Crippen LogP contribution in [0.15, 0.2) is 121 Å². The standard InChI is InChI=1S/C38H20N4S/c39-21-23-12-15-28-26-6-1-3-9-32(26)41(35(28)18-23)25-14-17-37-31(20-25)30-8-5-11-34(38(30)43-37)42-33-10-4-2-7-27(33)29-16-13-24(22-40)19-36(29)42/h1-20H. The van der Waals surface area contributed by atoms with Crippen LogP contribution in [0.4, 0.5) is 0 Å². The van der Waals surface area contributed by atoms with Crippen molar-refractivity contribution in [2.24, 2.45) is 0 Å². The molecule has 0 aliphatic rings. The summed E-state index contributed by atoms with van der Waals surface area (Å²) < 4.78 is 6.99. The Hall–Kier alpha value is -5.88. The molecule has 9 rings (SSSR count). The summed E-state index contributed by atoms with van der Waals surface area (Å²) in [4.78, 5) is 0. The summed E-state index contributed by atoms with van der Waals surface area (Å²) in [5.74, 6) is 0. The first-order valence-electron chi connectivity index (χ1n) is 14.1. The van der Waals surface area contributed by atoms with Gasteiger partial charge >= 0.3 is 0 Å². The van der Waals surface area contributed by atoms with Crippen molar-refractivity contribution in [2.75, 3.05) is 0 Å². The van der Waals surface area contributed by atoms with Crippen molar-refractivity contribution in [1.29, 1.82) is 10.5 Å². The minimum Gasteiger partial charge on any atom is -0.309 e. The Labute approximate surface area is 250 Å². The highest BCUT2D eigenvalue weighted by Crippen LogP contribution is 2.42. The lowest BCUT2D eigenvalue weighted by molar-refractivity contribution is 1.19. The molecular weight excluding hydrogens is 545 g/mol. The Kier molecular flexibility index (Phi) is 4.87. The minimum atomic E-state index is 0.647. The van der Waals surface area contributed by atoms with Gasteiger partial charge in [0.2, 0.25) is 0 Å². The summed E-state index contributed by atoms with van der Waals surface area (Å²) in [6.45, 7) is 0. The first-order valence-corrected chi connectivity index (χ1v) is 14.9. The summed E-state index contributed by atoms with van der Waals surface area (Å²) in [5.41, 5.74) is 7.77. The Balaban J connectivity index is 1.34. The molecule has 0 radical (unpaired) electrons. The smallest absolute Gasteiger partial charge is 0.0992 e. The SMILES string of the molecule is N#Cc1ccc2c3ccccc3n(-c3ccc4sc5c(-n6c7ccccc7c7ccc(C#N)cc76)cccc5c4c3)c2c1. The Morgan fingerprint density at radius 2 is 1.05 bits per heavy atom. The van der Waals surface area contributed by atoms with Gasteiger partial charge in [0.1, 0.15) is 0 Å². The van der Waals surface area contributed by atoms with E-state index in [1.165, 1.54) is 30.9 Å². The number of rotatable bonds is 2. The molecule has 6 aromatic carbocycles. The van der Waals surface area contributed by atoms with E-state index < -0.39 is 0 Å². The van der Waals surface area contributed by atoms with E-state index in [-0.39, 0.29) is 0 Å². The van der Waals surface area contributed by atoms with Crippen molar-refractivity contribution in [3.8, 4) is 23.5 Å². The lowest BCUT2D eigenvalue weighted by Crippen LogP contribution is -1.94. The zero-order valence-electron chi connectivity index (χ0n) is 22.7. The second-order valence-electron chi connectivity index (χ2n) is 10.8. The predicted octanol–water partition coefficient (Wildman–Crippen LogP) is 9.99. The summed E-state index contributed by atoms with van der Waals surface area (Å²) >= 11 is 1.79. The Morgan fingerprint density at radius 3 is 1.72 bits per heavy atom. The fourth-order valence-corrected chi connectivity index (χ4v) is 7.89. The fourth-order valence-electron chi connectivity index (χ4n) is 6.70. The molecule has 3 aromatic heterocycles. The van der Waals surface area contributed by atoms with E-state index in [9.17, 15) is 10.5 Å². The van der Waals surface area contributed by atoms with Crippen LogP contribution < -0.4 is 0 Å². The third-order valence-corrected chi connectivity index (χ3v) is 9.77. The highest BCUT2D eigenvalue weighted by atomic mass is 32.1. The van der Waals surface area contributed by atoms with Crippen LogP contribution in [0.25, 0.3) is 75.2 Å². The Bertz CT molecular complexity index is 2710. The maximum atomic E-state index is 9.69. The molecule has 0 aliphatic heterocycles. The number of thiophene rings is 1. The molecule has 9 aromatic rings. The maximum Gasteiger partial charge on any atom is 0.0992 e. The third-order valence-electron chi connectivity index (χ3n) is 8.56. The van der Waals surface area contributed by atoms with Crippen LogP contribution in [-0.4, -0.2) is 9.13 Å². The topological polar surface area (TPSA) is 57.4 Å². The molecule has 0 amide bonds. The van der Waals surface area contributed by atoms with E-state index in [4.69, 9.17) is 0 Å². The number of hydrogen-bond acceptors (Lipinski definition) is 3. The monoisotopic (exact) mass is 564 g/mol. The molecule has 0 atom stereocenters. The van der Waals surface area contributed by atoms with Crippen molar-refractivity contribution in [3.05, 3.63) is 132 Å². The van der Waals surface area contributed by atoms with Crippen LogP contribution in [0.3, 0.4) is 0 Å². The van der Waals surface area contributed by atoms with Gasteiger partial charge in [0.15, 0.2) is 0 Å². The zero-order chi connectivity index (χ0) is 28.7. The summed E-state index contributed by atoms with van der Waals surface area (Å²) in [7, 11) is 0. The number of fused-ring (bicyclic) bond motifs is 9. The quantitative estimate of drug-likeness (QED) is 0.210. The fraction of sp³-hybridized carbons (Fsp3) is 0. The molecule has 198 valence electrons. The molecule has 4 nitrogen and oxygen atoms in total. The van der Waals surface area contributed by atoms with Crippen molar-refractivity contribution >= 4 is 75.1 Å². The maximum absolute atomic E-state index is 9.69. The van der Waals surface area contributed by atoms with Gasteiger partial charge < -0.3 is 9.13 Å². The molecule has 5 heteroatoms. The van der Waals surface area contributed by atoms with Gasteiger partial charge in [0.05, 0.1) is 55.7 Å². The van der Waals surface area contributed by atoms with Crippen molar-refractivity contribution in [3.63, 3.8) is 0 Å². The van der Waals surface area contributed by atoms with Gasteiger partial charge in [-0.05, 0) is 60.7 Å². The molecule has 0 saturated heterocycles. The van der Waals surface area contributed by atoms with Crippen molar-refractivity contribution in [2.45, 2.75) is 0 Å². The molecule has 0 aliphatic carbocycles. The van der Waals surface area contributed by atoms with Crippen molar-refractivity contribution < 1.29 is 0 Å². The molecule has 0 spiro atoms. The van der Waals surface area contributed by atoms with Crippen LogP contribution in [0, 0.1) is 22.7 Å². The van der Waals surface area contributed by atoms with E-state index >= 15 is 0 Å². The van der Waals surface area contributed by atoms with E-state index in [2.05, 4.69) is 118 Å². The lowest BCUT2D eigenvalue weighted by atomic mass is 10.1. The van der Waals surface area contributed by atoms with Gasteiger partial charge in [0, 0.05) is 42.7 Å². The van der Waals surface area contributed by atoms with E-state index in [1.54, 1.807) is 11.3 Å². The zero-order valence-corrected chi connectivity index (χ0v) is 23.6. The van der Waals surface area contributed by atoms with Crippen LogP contribution in [0.1, 0.15) is 11.1 Å². The second kappa shape index (κ2) is 8.81. The number of hydrogen-bond donors (Lipinski definition) is 0. The molecule has 43 heavy (non-hydrogen) atoms. The van der Waals surface area contributed by atoms with Crippen molar-refractivity contribution in [1.82, 2.24) is 9.13 Å². The molecule has 0 unspecified atom stereocenters. The van der Waals surface area contributed by atoms with Crippen LogP contribution in [-0.2, 0) is 0 Å². The number of nitrogens with zero attached hydrogens (tertiary/aromatic N) is 4. The van der Waals surface area contributed by atoms with Gasteiger partial charge in [-0.25, -0.2) is 0 Å². The predicted molar refractivity (Wildman–Crippen MR) is 177 cm³/mol. The normalized spacial score (nSPS) is 11.7. The number of aromatic nitrogens is 2. The number of benzene rings is 6. The van der Waals surface area contributed by atoms with Gasteiger partial charge in [-0.2, -0.15) is 10.5 Å². The highest BCUT2D eigenvalue weighted by Gasteiger charge is 2.18. The first kappa shape index (κ1) is 23.8. The highest BCUT2D eigenvalue weighted by molar-refractivity contribution is 7.26. The average molecular weight is 565 g/mol. The lowest BCUT2D eigenvalue weighted by Gasteiger charge is -2.10. The number of para-hydroxylation sites is 2. The Morgan fingerprint density at radius 1 is 0.465 bits per heavy atom. The summed E-state index contributed by atoms with van der Waals surface area (Å²) in [5, 5.41) is 26.3. The molecule has 0 saturated carbocycles. The molecule has 0 N–H and O–H groups in total. The molecule has 3 heterocycles. The van der Waals surface area contributed by atoms with Gasteiger partial charge in [-0.15, -0.1) is 11.3 Å². The second-order valence-corrected chi connectivity index (χ2v) is 11.9. The first-order chi connectivity index (χ1) is 21.2. The largest absolute Gasteiger partial charge is 0.309 e. The van der Waals surface area contributed by atoms with E-state index in [0.29, 0.717) is 11.1 Å². The molecule has 0 bridgehead atoms. The van der Waals surface area contributed by atoms with Gasteiger partial charge in [-0.1, -0.05) is 60.7 Å². The van der Waals surface area contributed by atoms with Crippen LogP contribution >= 0.6 is 11.3 Å². The van der Waals surface area contributed by atoms with Gasteiger partial charge in [0.25, 0.3) is 0 Å². The van der Waals surface area contributed by atoms with Crippen LogP contribution in [0.2, 0.25) is 0 Å². The average Bonchev–Trinajstić information content (AvgIpc) is 3.71. The van der Waals surface area contributed by atoms with Gasteiger partial charge in [-0.3, -0.25) is 0 Å². The van der Waals surface area contributed by atoms with E-state index in [1.807, 2.05) is 24.3 Å². The minimum absolute atomic E-state index is 0.647. The summed E-state index contributed by atoms with van der Waals surface area (Å²) in [6, 6.07) is 46.6. The molecular formula is C38H20N4S. The third kappa shape index (κ3) is 3.29. The summed E-state index contributed by atoms with van der Waals surface area (Å²) in [6.07, 6.45) is 0.